The van der Waals surface area contributed by atoms with E-state index in [1.165, 1.54) is 0 Å². The number of aromatic nitrogens is 4. The van der Waals surface area contributed by atoms with E-state index < -0.39 is 9.84 Å². The second-order valence-corrected chi connectivity index (χ2v) is 9.37. The molecule has 0 unspecified atom stereocenters. The summed E-state index contributed by atoms with van der Waals surface area (Å²) in [6, 6.07) is 16.1. The molecule has 0 saturated carbocycles. The summed E-state index contributed by atoms with van der Waals surface area (Å²) in [6.45, 7) is 3.44. The summed E-state index contributed by atoms with van der Waals surface area (Å²) in [5.74, 6) is 0.778. The van der Waals surface area contributed by atoms with Crippen LogP contribution in [0.3, 0.4) is 0 Å². The van der Waals surface area contributed by atoms with Crippen LogP contribution in [0.25, 0.3) is 5.69 Å². The van der Waals surface area contributed by atoms with E-state index in [-0.39, 0.29) is 5.75 Å². The number of piperazine rings is 1. The van der Waals surface area contributed by atoms with Crippen molar-refractivity contribution in [3.63, 3.8) is 0 Å². The SMILES string of the molecule is O=S(=O)(CCN1CCN(c2nnnn2-c2ccccc2)CC1)c1ccc(Cl)cc1. The molecule has 29 heavy (non-hydrogen) atoms. The summed E-state index contributed by atoms with van der Waals surface area (Å²) in [4.78, 5) is 4.58. The smallest absolute Gasteiger partial charge is 0.250 e. The van der Waals surface area contributed by atoms with Crippen molar-refractivity contribution >= 4 is 27.4 Å². The van der Waals surface area contributed by atoms with Crippen LogP contribution in [0.15, 0.2) is 59.5 Å². The first kappa shape index (κ1) is 19.8. The molecule has 8 nitrogen and oxygen atoms in total. The van der Waals surface area contributed by atoms with Gasteiger partial charge in [0.05, 0.1) is 16.3 Å². The molecule has 3 aromatic rings. The van der Waals surface area contributed by atoms with E-state index >= 15 is 0 Å². The summed E-state index contributed by atoms with van der Waals surface area (Å²) < 4.78 is 26.8. The minimum atomic E-state index is -3.33. The second-order valence-electron chi connectivity index (χ2n) is 6.83. The van der Waals surface area contributed by atoms with Crippen LogP contribution in [0.2, 0.25) is 5.02 Å². The molecule has 4 rings (SSSR count). The fourth-order valence-electron chi connectivity index (χ4n) is 3.30. The molecule has 0 atom stereocenters. The second kappa shape index (κ2) is 8.48. The van der Waals surface area contributed by atoms with E-state index in [9.17, 15) is 8.42 Å². The van der Waals surface area contributed by atoms with Gasteiger partial charge in [0.2, 0.25) is 5.95 Å². The third kappa shape index (κ3) is 4.58. The van der Waals surface area contributed by atoms with Gasteiger partial charge < -0.3 is 4.90 Å². The van der Waals surface area contributed by atoms with Crippen molar-refractivity contribution in [2.45, 2.75) is 4.90 Å². The Labute approximate surface area is 174 Å². The first-order valence-corrected chi connectivity index (χ1v) is 11.4. The summed E-state index contributed by atoms with van der Waals surface area (Å²) in [5, 5.41) is 12.6. The highest BCUT2D eigenvalue weighted by Gasteiger charge is 2.24. The van der Waals surface area contributed by atoms with Gasteiger partial charge in [0.25, 0.3) is 0 Å². The maximum absolute atomic E-state index is 12.5. The Hall–Kier alpha value is -2.49. The number of hydrogen-bond donors (Lipinski definition) is 0. The number of rotatable bonds is 6. The van der Waals surface area contributed by atoms with E-state index in [2.05, 4.69) is 25.3 Å². The summed E-state index contributed by atoms with van der Waals surface area (Å²) >= 11 is 5.84. The third-order valence-electron chi connectivity index (χ3n) is 4.96. The van der Waals surface area contributed by atoms with Crippen molar-refractivity contribution in [1.82, 2.24) is 25.1 Å². The molecule has 0 spiro atoms. The molecule has 0 radical (unpaired) electrons. The highest BCUT2D eigenvalue weighted by Crippen LogP contribution is 2.18. The molecule has 1 aromatic heterocycles. The van der Waals surface area contributed by atoms with Gasteiger partial charge >= 0.3 is 0 Å². The van der Waals surface area contributed by atoms with Crippen molar-refractivity contribution in [3.8, 4) is 5.69 Å². The zero-order valence-electron chi connectivity index (χ0n) is 15.7. The predicted molar refractivity (Wildman–Crippen MR) is 111 cm³/mol. The Balaban J connectivity index is 1.35. The number of tetrazole rings is 1. The molecule has 0 bridgehead atoms. The Kier molecular flexibility index (Phi) is 5.79. The lowest BCUT2D eigenvalue weighted by Crippen LogP contribution is -2.48. The Bertz CT molecular complexity index is 1050. The first-order valence-electron chi connectivity index (χ1n) is 9.32. The zero-order valence-corrected chi connectivity index (χ0v) is 17.3. The number of benzene rings is 2. The highest BCUT2D eigenvalue weighted by molar-refractivity contribution is 7.91. The molecular formula is C19H21ClN6O2S. The molecule has 1 fully saturated rings. The van der Waals surface area contributed by atoms with Crippen LogP contribution >= 0.6 is 11.6 Å². The van der Waals surface area contributed by atoms with Crippen molar-refractivity contribution in [2.75, 3.05) is 43.4 Å². The normalized spacial score (nSPS) is 15.6. The van der Waals surface area contributed by atoms with Gasteiger partial charge in [-0.15, -0.1) is 0 Å². The van der Waals surface area contributed by atoms with Gasteiger partial charge in [-0.25, -0.2) is 8.42 Å². The van der Waals surface area contributed by atoms with Crippen LogP contribution in [0.1, 0.15) is 0 Å². The number of halogens is 1. The molecule has 0 amide bonds. The van der Waals surface area contributed by atoms with E-state index in [1.807, 2.05) is 30.3 Å². The Morgan fingerprint density at radius 3 is 2.31 bits per heavy atom. The van der Waals surface area contributed by atoms with E-state index in [4.69, 9.17) is 11.6 Å². The number of hydrogen-bond acceptors (Lipinski definition) is 7. The van der Waals surface area contributed by atoms with E-state index in [0.29, 0.717) is 22.4 Å². The van der Waals surface area contributed by atoms with Gasteiger partial charge in [-0.3, -0.25) is 4.90 Å². The third-order valence-corrected chi connectivity index (χ3v) is 6.92. The van der Waals surface area contributed by atoms with Crippen LogP contribution in [-0.2, 0) is 9.84 Å². The molecule has 2 aromatic carbocycles. The summed E-state index contributed by atoms with van der Waals surface area (Å²) in [7, 11) is -3.33. The lowest BCUT2D eigenvalue weighted by Gasteiger charge is -2.34. The lowest BCUT2D eigenvalue weighted by molar-refractivity contribution is 0.270. The van der Waals surface area contributed by atoms with Crippen LogP contribution < -0.4 is 4.90 Å². The molecule has 0 N–H and O–H groups in total. The minimum absolute atomic E-state index is 0.0797. The number of nitrogens with zero attached hydrogens (tertiary/aromatic N) is 6. The van der Waals surface area contributed by atoms with Gasteiger partial charge in [0.1, 0.15) is 0 Å². The van der Waals surface area contributed by atoms with Gasteiger partial charge in [-0.05, 0) is 46.8 Å². The molecule has 1 aliphatic heterocycles. The Morgan fingerprint density at radius 1 is 0.931 bits per heavy atom. The monoisotopic (exact) mass is 432 g/mol. The van der Waals surface area contributed by atoms with Crippen molar-refractivity contribution < 1.29 is 8.42 Å². The lowest BCUT2D eigenvalue weighted by atomic mass is 10.3. The quantitative estimate of drug-likeness (QED) is 0.588. The molecule has 1 aliphatic rings. The van der Waals surface area contributed by atoms with Crippen LogP contribution in [0.5, 0.6) is 0 Å². The average molecular weight is 433 g/mol. The largest absolute Gasteiger partial charge is 0.337 e. The molecule has 152 valence electrons. The van der Waals surface area contributed by atoms with Crippen molar-refractivity contribution in [3.05, 3.63) is 59.6 Å². The van der Waals surface area contributed by atoms with Crippen LogP contribution in [0.4, 0.5) is 5.95 Å². The zero-order chi connectivity index (χ0) is 20.3. The molecule has 0 aliphatic carbocycles. The standard InChI is InChI=1S/C19H21ClN6O2S/c20-16-6-8-18(9-7-16)29(27,28)15-14-24-10-12-25(13-11-24)19-21-22-23-26(19)17-4-2-1-3-5-17/h1-9H,10-15H2. The van der Waals surface area contributed by atoms with Gasteiger partial charge in [-0.1, -0.05) is 34.9 Å². The van der Waals surface area contributed by atoms with Crippen molar-refractivity contribution in [1.29, 1.82) is 0 Å². The van der Waals surface area contributed by atoms with Crippen LogP contribution in [-0.4, -0.2) is 72.0 Å². The fraction of sp³-hybridized carbons (Fsp3) is 0.316. The van der Waals surface area contributed by atoms with Gasteiger partial charge in [0.15, 0.2) is 9.84 Å². The van der Waals surface area contributed by atoms with Gasteiger partial charge in [0, 0.05) is 37.7 Å². The molecule has 1 saturated heterocycles. The van der Waals surface area contributed by atoms with Crippen molar-refractivity contribution in [2.24, 2.45) is 0 Å². The Morgan fingerprint density at radius 2 is 1.62 bits per heavy atom. The maximum atomic E-state index is 12.5. The number of anilines is 1. The highest BCUT2D eigenvalue weighted by atomic mass is 35.5. The molecule has 2 heterocycles. The molecular weight excluding hydrogens is 412 g/mol. The van der Waals surface area contributed by atoms with Gasteiger partial charge in [-0.2, -0.15) is 4.68 Å². The van der Waals surface area contributed by atoms with E-state index in [0.717, 1.165) is 31.9 Å². The first-order chi connectivity index (χ1) is 14.0. The summed E-state index contributed by atoms with van der Waals surface area (Å²) in [6.07, 6.45) is 0. The average Bonchev–Trinajstić information content (AvgIpc) is 3.24. The number of para-hydroxylation sites is 1. The predicted octanol–water partition coefficient (Wildman–Crippen LogP) is 1.91. The fourth-order valence-corrected chi connectivity index (χ4v) is 4.71. The minimum Gasteiger partial charge on any atom is -0.337 e. The number of sulfone groups is 1. The topological polar surface area (TPSA) is 84.2 Å². The van der Waals surface area contributed by atoms with Crippen LogP contribution in [0, 0.1) is 0 Å². The van der Waals surface area contributed by atoms with E-state index in [1.54, 1.807) is 28.9 Å². The molecule has 10 heteroatoms. The summed E-state index contributed by atoms with van der Waals surface area (Å²) in [5.41, 5.74) is 0.906. The maximum Gasteiger partial charge on any atom is 0.250 e.